The number of rotatable bonds is 4. The van der Waals surface area contributed by atoms with Crippen molar-refractivity contribution in [2.45, 2.75) is 39.8 Å². The number of benzene rings is 4. The average Bonchev–Trinajstić information content (AvgIpc) is 3.63. The molecule has 0 unspecified atom stereocenters. The number of hydrogen-bond acceptors (Lipinski definition) is 0. The van der Waals surface area contributed by atoms with Crippen molar-refractivity contribution in [2.75, 3.05) is 0 Å². The van der Waals surface area contributed by atoms with Crippen molar-refractivity contribution in [1.29, 1.82) is 0 Å². The van der Waals surface area contributed by atoms with Gasteiger partial charge in [0.2, 0.25) is 0 Å². The Hall–Kier alpha value is -1.64. The molecular weight excluding hydrogens is 694 g/mol. The molecule has 0 saturated carbocycles. The summed E-state index contributed by atoms with van der Waals surface area (Å²) in [5.41, 5.74) is 7.57. The Balaban J connectivity index is 0.000000162. The summed E-state index contributed by atoms with van der Waals surface area (Å²) < 4.78 is 0. The standard InChI is InChI=1S/2C17H14Cl.C2H6Si.2ClH.Zr/c2*1-2-12-10-14-4-3-5-16(17(14)11-12)13-6-8-15(18)9-7-13;1-3-2;;;/h2*3-11H,2H2,1H3;1-2H3;2*1H;/q2*-1;;;;+2/p-2. The van der Waals surface area contributed by atoms with E-state index in [1.807, 2.05) is 24.3 Å². The number of halogens is 4. The van der Waals surface area contributed by atoms with Crippen LogP contribution in [0.2, 0.25) is 23.1 Å². The topological polar surface area (TPSA) is 0 Å². The first kappa shape index (κ1) is 33.3. The molecule has 0 aliphatic heterocycles. The first-order valence-electron chi connectivity index (χ1n) is 14.1. The van der Waals surface area contributed by atoms with Crippen LogP contribution in [0.15, 0.2) is 109 Å². The fraction of sp³-hybridized carbons (Fsp3) is 0.167. The summed E-state index contributed by atoms with van der Waals surface area (Å²) in [6, 6.07) is 38.1. The molecule has 0 fully saturated rings. The van der Waals surface area contributed by atoms with Gasteiger partial charge in [0, 0.05) is 10.0 Å². The first-order chi connectivity index (χ1) is 20.2. The summed E-state index contributed by atoms with van der Waals surface area (Å²) in [5.74, 6) is 0. The average molecular weight is 728 g/mol. The molecular formula is C36H34Cl4SiZr-2. The molecule has 0 amide bonds. The van der Waals surface area contributed by atoms with Gasteiger partial charge in [-0.05, 0) is 48.2 Å². The van der Waals surface area contributed by atoms with E-state index in [0.717, 1.165) is 22.9 Å². The third-order valence-corrected chi connectivity index (χ3v) is 27.4. The van der Waals surface area contributed by atoms with Crippen molar-refractivity contribution >= 4 is 67.2 Å². The second kappa shape index (κ2) is 15.9. The molecule has 0 aromatic heterocycles. The Labute approximate surface area is 275 Å². The Morgan fingerprint density at radius 2 is 0.952 bits per heavy atom. The molecule has 0 nitrogen and oxygen atoms in total. The van der Waals surface area contributed by atoms with E-state index in [9.17, 15) is 0 Å². The van der Waals surface area contributed by atoms with Gasteiger partial charge in [-0.2, -0.15) is 12.1 Å². The predicted octanol–water partition coefficient (Wildman–Crippen LogP) is 13.0. The van der Waals surface area contributed by atoms with Gasteiger partial charge >= 0.3 is 53.5 Å². The van der Waals surface area contributed by atoms with Gasteiger partial charge in [0.25, 0.3) is 0 Å². The maximum atomic E-state index is 5.94. The Bertz CT molecular complexity index is 1650. The van der Waals surface area contributed by atoms with E-state index in [1.165, 1.54) is 54.9 Å². The van der Waals surface area contributed by atoms with Crippen molar-refractivity contribution in [2.24, 2.45) is 0 Å². The van der Waals surface area contributed by atoms with Gasteiger partial charge in [-0.3, -0.25) is 0 Å². The van der Waals surface area contributed by atoms with Gasteiger partial charge in [-0.1, -0.05) is 84.6 Å². The van der Waals surface area contributed by atoms with Gasteiger partial charge in [0.05, 0.1) is 0 Å². The third-order valence-electron chi connectivity index (χ3n) is 7.13. The second-order valence-corrected chi connectivity index (χ2v) is 34.2. The molecule has 0 atom stereocenters. The van der Waals surface area contributed by atoms with Crippen molar-refractivity contribution in [1.82, 2.24) is 0 Å². The van der Waals surface area contributed by atoms with E-state index >= 15 is 0 Å². The Morgan fingerprint density at radius 3 is 1.26 bits per heavy atom. The molecule has 0 radical (unpaired) electrons. The summed E-state index contributed by atoms with van der Waals surface area (Å²) in [6.45, 7) is 8.71. The van der Waals surface area contributed by atoms with Gasteiger partial charge in [-0.25, -0.2) is 0 Å². The second-order valence-electron chi connectivity index (χ2n) is 10.3. The zero-order chi connectivity index (χ0) is 30.2. The van der Waals surface area contributed by atoms with E-state index in [2.05, 4.69) is 112 Å². The van der Waals surface area contributed by atoms with Crippen LogP contribution in [-0.4, -0.2) is 5.43 Å². The number of hydrogen-bond donors (Lipinski definition) is 0. The molecule has 6 heteroatoms. The van der Waals surface area contributed by atoms with Crippen LogP contribution in [0.5, 0.6) is 0 Å². The molecule has 6 aromatic carbocycles. The van der Waals surface area contributed by atoms with Crippen molar-refractivity contribution < 1.29 is 18.0 Å². The molecule has 0 N–H and O–H groups in total. The van der Waals surface area contributed by atoms with Crippen LogP contribution in [0.25, 0.3) is 43.8 Å². The molecule has 0 saturated heterocycles. The van der Waals surface area contributed by atoms with Crippen LogP contribution in [-0.2, 0) is 30.8 Å². The van der Waals surface area contributed by atoms with Gasteiger partial charge < -0.3 is 0 Å². The van der Waals surface area contributed by atoms with Crippen LogP contribution in [0.1, 0.15) is 25.0 Å². The van der Waals surface area contributed by atoms with E-state index < -0.39 is 18.0 Å². The van der Waals surface area contributed by atoms with E-state index in [0.29, 0.717) is 0 Å². The van der Waals surface area contributed by atoms with Crippen LogP contribution in [0.4, 0.5) is 0 Å². The van der Waals surface area contributed by atoms with Crippen LogP contribution in [0.3, 0.4) is 0 Å². The fourth-order valence-electron chi connectivity index (χ4n) is 4.76. The SMILES string of the molecule is CCc1cc2c(-c3ccc(Cl)cc3)cccc2[cH-]1.CCc1cc2c(-c3ccc(Cl)cc3)cccc2[cH-]1.C[Si](C)=[Zr]([Cl])[Cl]. The summed E-state index contributed by atoms with van der Waals surface area (Å²) in [7, 11) is 11.2. The summed E-state index contributed by atoms with van der Waals surface area (Å²) >= 11 is 10.2. The minimum atomic E-state index is -1.65. The van der Waals surface area contributed by atoms with Gasteiger partial charge in [-0.15, -0.1) is 69.1 Å². The van der Waals surface area contributed by atoms with E-state index in [1.54, 1.807) is 0 Å². The fourth-order valence-corrected chi connectivity index (χ4v) is 5.02. The first-order valence-corrected chi connectivity index (χ1v) is 27.3. The Kier molecular flexibility index (Phi) is 12.6. The van der Waals surface area contributed by atoms with E-state index in [4.69, 9.17) is 40.2 Å². The zero-order valence-electron chi connectivity index (χ0n) is 24.3. The van der Waals surface area contributed by atoms with E-state index in [-0.39, 0.29) is 5.43 Å². The van der Waals surface area contributed by atoms with Crippen LogP contribution in [0, 0.1) is 0 Å². The molecule has 0 aliphatic carbocycles. The molecule has 6 rings (SSSR count). The molecule has 216 valence electrons. The summed E-state index contributed by atoms with van der Waals surface area (Å²) in [6.07, 6.45) is 2.16. The molecule has 42 heavy (non-hydrogen) atoms. The molecule has 0 spiro atoms. The normalized spacial score (nSPS) is 10.6. The molecule has 0 bridgehead atoms. The Morgan fingerprint density at radius 1 is 0.595 bits per heavy atom. The monoisotopic (exact) mass is 724 g/mol. The van der Waals surface area contributed by atoms with Crippen LogP contribution >= 0.6 is 40.2 Å². The van der Waals surface area contributed by atoms with Crippen molar-refractivity contribution in [3.05, 3.63) is 130 Å². The molecule has 0 aliphatic rings. The van der Waals surface area contributed by atoms with Crippen LogP contribution < -0.4 is 0 Å². The summed E-state index contributed by atoms with van der Waals surface area (Å²) in [5, 5.41) is 6.86. The maximum absolute atomic E-state index is 5.94. The van der Waals surface area contributed by atoms with Gasteiger partial charge in [0.1, 0.15) is 0 Å². The molecule has 0 heterocycles. The predicted molar refractivity (Wildman–Crippen MR) is 188 cm³/mol. The zero-order valence-corrected chi connectivity index (χ0v) is 30.8. The summed E-state index contributed by atoms with van der Waals surface area (Å²) in [4.78, 5) is 0. The van der Waals surface area contributed by atoms with Crippen molar-refractivity contribution in [3.63, 3.8) is 0 Å². The van der Waals surface area contributed by atoms with Gasteiger partial charge in [0.15, 0.2) is 0 Å². The minimum absolute atomic E-state index is 0.224. The third kappa shape index (κ3) is 8.72. The van der Waals surface area contributed by atoms with Crippen molar-refractivity contribution in [3.8, 4) is 22.3 Å². The number of aryl methyl sites for hydroxylation is 2. The quantitative estimate of drug-likeness (QED) is 0.125. The number of fused-ring (bicyclic) bond motifs is 2. The molecule has 6 aromatic rings.